The van der Waals surface area contributed by atoms with Crippen molar-refractivity contribution in [3.8, 4) is 0 Å². The number of carbonyl (C=O) groups is 1. The predicted molar refractivity (Wildman–Crippen MR) is 83.0 cm³/mol. The van der Waals surface area contributed by atoms with Gasteiger partial charge in [0, 0.05) is 38.1 Å². The third kappa shape index (κ3) is 3.82. The van der Waals surface area contributed by atoms with Crippen molar-refractivity contribution < 1.29 is 13.2 Å². The van der Waals surface area contributed by atoms with Gasteiger partial charge in [-0.25, -0.2) is 8.42 Å². The normalized spacial score (nSPS) is 16.4. The number of nitrogens with one attached hydrogen (secondary N) is 1. The van der Waals surface area contributed by atoms with Crippen LogP contribution in [0.5, 0.6) is 0 Å². The van der Waals surface area contributed by atoms with Crippen LogP contribution in [-0.2, 0) is 21.2 Å². The maximum Gasteiger partial charge on any atom is 0.252 e. The molecule has 8 heteroatoms. The Kier molecular flexibility index (Phi) is 5.37. The number of sulfonamides is 1. The number of aryl methyl sites for hydroxylation is 1. The number of nitrogens with zero attached hydrogens (tertiary/aromatic N) is 2. The van der Waals surface area contributed by atoms with Gasteiger partial charge in [0.15, 0.2) is 0 Å². The van der Waals surface area contributed by atoms with E-state index in [4.69, 9.17) is 0 Å². The Hall–Kier alpha value is -0.960. The molecule has 1 fully saturated rings. The third-order valence-electron chi connectivity index (χ3n) is 3.48. The highest BCUT2D eigenvalue weighted by atomic mass is 32.2. The van der Waals surface area contributed by atoms with Gasteiger partial charge in [0.25, 0.3) is 10.0 Å². The number of thiophene rings is 1. The van der Waals surface area contributed by atoms with E-state index in [2.05, 4.69) is 5.32 Å². The van der Waals surface area contributed by atoms with E-state index in [1.54, 1.807) is 11.0 Å². The van der Waals surface area contributed by atoms with Crippen LogP contribution in [0.15, 0.2) is 16.3 Å². The number of likely N-dealkylation sites (N-methyl/N-ethyl adjacent to an activating group) is 1. The molecule has 0 spiro atoms. The summed E-state index contributed by atoms with van der Waals surface area (Å²) in [7, 11) is -2.11. The minimum Gasteiger partial charge on any atom is -0.339 e. The average molecular weight is 331 g/mol. The molecule has 1 amide bonds. The molecule has 0 aliphatic carbocycles. The number of amides is 1. The molecule has 0 atom stereocenters. The third-order valence-corrected chi connectivity index (χ3v) is 6.98. The lowest BCUT2D eigenvalue weighted by Gasteiger charge is -2.28. The zero-order chi connectivity index (χ0) is 15.5. The standard InChI is InChI=1S/C13H21N3O3S2/c1-3-11-4-5-13(20-11)21(18,19)15(2)10-12(17)16-8-6-14-7-9-16/h4-5,14H,3,6-10H2,1-2H3. The maximum absolute atomic E-state index is 12.4. The summed E-state index contributed by atoms with van der Waals surface area (Å²) in [5, 5.41) is 3.16. The highest BCUT2D eigenvalue weighted by molar-refractivity contribution is 7.91. The van der Waals surface area contributed by atoms with Crippen molar-refractivity contribution >= 4 is 27.3 Å². The predicted octanol–water partition coefficient (Wildman–Crippen LogP) is 0.363. The molecule has 1 N–H and O–H groups in total. The number of hydrogen-bond donors (Lipinski definition) is 1. The summed E-state index contributed by atoms with van der Waals surface area (Å²) in [6.07, 6.45) is 0.809. The van der Waals surface area contributed by atoms with Gasteiger partial charge in [-0.15, -0.1) is 11.3 Å². The largest absolute Gasteiger partial charge is 0.339 e. The summed E-state index contributed by atoms with van der Waals surface area (Å²) < 4.78 is 26.3. The molecular formula is C13H21N3O3S2. The average Bonchev–Trinajstić information content (AvgIpc) is 2.97. The van der Waals surface area contributed by atoms with E-state index in [0.29, 0.717) is 17.3 Å². The Morgan fingerprint density at radius 1 is 1.38 bits per heavy atom. The molecule has 21 heavy (non-hydrogen) atoms. The van der Waals surface area contributed by atoms with Crippen molar-refractivity contribution in [2.75, 3.05) is 39.8 Å². The summed E-state index contributed by atoms with van der Waals surface area (Å²) in [5.74, 6) is -0.144. The molecule has 1 aliphatic heterocycles. The fraction of sp³-hybridized carbons (Fsp3) is 0.615. The fourth-order valence-electron chi connectivity index (χ4n) is 2.13. The topological polar surface area (TPSA) is 69.7 Å². The van der Waals surface area contributed by atoms with Crippen molar-refractivity contribution in [3.63, 3.8) is 0 Å². The molecule has 1 aromatic heterocycles. The molecule has 1 aromatic rings. The van der Waals surface area contributed by atoms with E-state index >= 15 is 0 Å². The Morgan fingerprint density at radius 3 is 2.62 bits per heavy atom. The highest BCUT2D eigenvalue weighted by Crippen LogP contribution is 2.24. The number of carbonyl (C=O) groups excluding carboxylic acids is 1. The summed E-state index contributed by atoms with van der Waals surface area (Å²) in [5.41, 5.74) is 0. The first kappa shape index (κ1) is 16.4. The molecule has 1 saturated heterocycles. The Morgan fingerprint density at radius 2 is 2.05 bits per heavy atom. The Balaban J connectivity index is 2.04. The quantitative estimate of drug-likeness (QED) is 0.846. The molecule has 0 bridgehead atoms. The van der Waals surface area contributed by atoms with Crippen LogP contribution in [0.4, 0.5) is 0 Å². The smallest absolute Gasteiger partial charge is 0.252 e. The molecule has 2 heterocycles. The summed E-state index contributed by atoms with van der Waals surface area (Å²) >= 11 is 1.27. The minimum atomic E-state index is -3.57. The van der Waals surface area contributed by atoms with E-state index in [1.165, 1.54) is 18.4 Å². The van der Waals surface area contributed by atoms with Crippen LogP contribution in [0, 0.1) is 0 Å². The second-order valence-corrected chi connectivity index (χ2v) is 8.41. The molecule has 0 unspecified atom stereocenters. The summed E-state index contributed by atoms with van der Waals surface area (Å²) in [4.78, 5) is 14.9. The van der Waals surface area contributed by atoms with Crippen LogP contribution in [0.2, 0.25) is 0 Å². The fourth-order valence-corrected chi connectivity index (χ4v) is 4.76. The van der Waals surface area contributed by atoms with E-state index in [1.807, 2.05) is 13.0 Å². The maximum atomic E-state index is 12.4. The van der Waals surface area contributed by atoms with Gasteiger partial charge < -0.3 is 10.2 Å². The first-order valence-corrected chi connectivity index (χ1v) is 9.24. The summed E-state index contributed by atoms with van der Waals surface area (Å²) in [6, 6.07) is 3.44. The number of piperazine rings is 1. The lowest BCUT2D eigenvalue weighted by molar-refractivity contribution is -0.131. The summed E-state index contributed by atoms with van der Waals surface area (Å²) in [6.45, 7) is 4.65. The van der Waals surface area contributed by atoms with Gasteiger partial charge >= 0.3 is 0 Å². The van der Waals surface area contributed by atoms with E-state index in [-0.39, 0.29) is 12.5 Å². The highest BCUT2D eigenvalue weighted by Gasteiger charge is 2.26. The van der Waals surface area contributed by atoms with Crippen LogP contribution in [0.1, 0.15) is 11.8 Å². The Labute approximate surface area is 129 Å². The molecule has 0 saturated carbocycles. The minimum absolute atomic E-state index is 0.109. The van der Waals surface area contributed by atoms with Crippen molar-refractivity contribution in [1.29, 1.82) is 0 Å². The first-order chi connectivity index (χ1) is 9.95. The van der Waals surface area contributed by atoms with E-state index in [9.17, 15) is 13.2 Å². The second kappa shape index (κ2) is 6.87. The molecular weight excluding hydrogens is 310 g/mol. The van der Waals surface area contributed by atoms with Crippen molar-refractivity contribution in [2.45, 2.75) is 17.6 Å². The Bertz CT molecular complexity index is 592. The molecule has 0 radical (unpaired) electrons. The lowest BCUT2D eigenvalue weighted by Crippen LogP contribution is -2.49. The van der Waals surface area contributed by atoms with Gasteiger partial charge in [-0.05, 0) is 18.6 Å². The van der Waals surface area contributed by atoms with E-state index in [0.717, 1.165) is 28.7 Å². The van der Waals surface area contributed by atoms with Crippen molar-refractivity contribution in [3.05, 3.63) is 17.0 Å². The van der Waals surface area contributed by atoms with Crippen LogP contribution in [0.25, 0.3) is 0 Å². The van der Waals surface area contributed by atoms with Gasteiger partial charge in [0.05, 0.1) is 6.54 Å². The van der Waals surface area contributed by atoms with Gasteiger partial charge in [-0.2, -0.15) is 4.31 Å². The SMILES string of the molecule is CCc1ccc(S(=O)(=O)N(C)CC(=O)N2CCNCC2)s1. The van der Waals surface area contributed by atoms with Crippen LogP contribution < -0.4 is 5.32 Å². The molecule has 118 valence electrons. The molecule has 0 aromatic carbocycles. The van der Waals surface area contributed by atoms with Gasteiger partial charge in [-0.1, -0.05) is 6.92 Å². The van der Waals surface area contributed by atoms with Gasteiger partial charge in [-0.3, -0.25) is 4.79 Å². The molecule has 1 aliphatic rings. The second-order valence-electron chi connectivity index (χ2n) is 4.97. The number of rotatable bonds is 5. The molecule has 2 rings (SSSR count). The van der Waals surface area contributed by atoms with Gasteiger partial charge in [0.2, 0.25) is 5.91 Å². The number of hydrogen-bond acceptors (Lipinski definition) is 5. The van der Waals surface area contributed by atoms with Crippen molar-refractivity contribution in [1.82, 2.24) is 14.5 Å². The van der Waals surface area contributed by atoms with E-state index < -0.39 is 10.0 Å². The lowest BCUT2D eigenvalue weighted by atomic mass is 10.3. The van der Waals surface area contributed by atoms with Crippen LogP contribution in [0.3, 0.4) is 0 Å². The van der Waals surface area contributed by atoms with Crippen LogP contribution >= 0.6 is 11.3 Å². The molecule has 6 nitrogen and oxygen atoms in total. The van der Waals surface area contributed by atoms with Gasteiger partial charge in [0.1, 0.15) is 4.21 Å². The van der Waals surface area contributed by atoms with Crippen LogP contribution in [-0.4, -0.2) is 63.3 Å². The zero-order valence-electron chi connectivity index (χ0n) is 12.3. The zero-order valence-corrected chi connectivity index (χ0v) is 14.0. The first-order valence-electron chi connectivity index (χ1n) is 6.98. The monoisotopic (exact) mass is 331 g/mol. The van der Waals surface area contributed by atoms with Crippen molar-refractivity contribution in [2.24, 2.45) is 0 Å².